The molecule has 2 N–H and O–H groups in total. The third kappa shape index (κ3) is 3.24. The van der Waals surface area contributed by atoms with Crippen LogP contribution in [0.15, 0.2) is 36.4 Å². The van der Waals surface area contributed by atoms with Crippen molar-refractivity contribution in [3.8, 4) is 0 Å². The fourth-order valence-corrected chi connectivity index (χ4v) is 1.78. The highest BCUT2D eigenvalue weighted by Gasteiger charge is 2.08. The molecule has 0 fully saturated rings. The second kappa shape index (κ2) is 5.88. The third-order valence-corrected chi connectivity index (χ3v) is 3.10. The molecule has 0 atom stereocenters. The first-order valence-electron chi connectivity index (χ1n) is 5.75. The topological polar surface area (TPSA) is 41.1 Å². The van der Waals surface area contributed by atoms with Crippen LogP contribution in [0.25, 0.3) is 0 Å². The van der Waals surface area contributed by atoms with Gasteiger partial charge in [0.1, 0.15) is 0 Å². The summed E-state index contributed by atoms with van der Waals surface area (Å²) in [5.41, 5.74) is 1.41. The number of rotatable bonds is 2. The van der Waals surface area contributed by atoms with E-state index in [9.17, 15) is 13.6 Å². The number of halogens is 3. The molecule has 0 spiro atoms. The van der Waals surface area contributed by atoms with Crippen molar-refractivity contribution in [1.82, 2.24) is 0 Å². The summed E-state index contributed by atoms with van der Waals surface area (Å²) in [5.74, 6) is -2.00. The quantitative estimate of drug-likeness (QED) is 0.837. The Hall–Kier alpha value is -2.14. The molecule has 20 heavy (non-hydrogen) atoms. The average molecular weight is 297 g/mol. The Labute approximate surface area is 119 Å². The van der Waals surface area contributed by atoms with Crippen LogP contribution in [0.4, 0.5) is 25.0 Å². The van der Waals surface area contributed by atoms with Gasteiger partial charge in [0.2, 0.25) is 0 Å². The molecule has 0 unspecified atom stereocenters. The Kier molecular flexibility index (Phi) is 4.20. The fourth-order valence-electron chi connectivity index (χ4n) is 1.60. The Bertz CT molecular complexity index is 662. The zero-order chi connectivity index (χ0) is 14.7. The fraction of sp³-hybridized carbons (Fsp3) is 0.0714. The average Bonchev–Trinajstić information content (AvgIpc) is 2.39. The van der Waals surface area contributed by atoms with E-state index in [4.69, 9.17) is 11.6 Å². The van der Waals surface area contributed by atoms with Gasteiger partial charge in [0.25, 0.3) is 0 Å². The second-order valence-electron chi connectivity index (χ2n) is 4.12. The number of nitrogens with one attached hydrogen (secondary N) is 2. The Morgan fingerprint density at radius 1 is 1.10 bits per heavy atom. The van der Waals surface area contributed by atoms with Gasteiger partial charge in [0.05, 0.1) is 0 Å². The molecule has 2 amide bonds. The molecule has 0 bridgehead atoms. The van der Waals surface area contributed by atoms with Gasteiger partial charge in [0.15, 0.2) is 11.6 Å². The maximum atomic E-state index is 13.0. The summed E-state index contributed by atoms with van der Waals surface area (Å²) in [5, 5.41) is 5.51. The van der Waals surface area contributed by atoms with E-state index in [1.807, 2.05) is 0 Å². The molecule has 0 aliphatic rings. The molecule has 2 aromatic rings. The summed E-state index contributed by atoms with van der Waals surface area (Å²) >= 11 is 5.93. The number of hydrogen-bond acceptors (Lipinski definition) is 1. The van der Waals surface area contributed by atoms with Gasteiger partial charge in [-0.3, -0.25) is 0 Å². The number of hydrogen-bond donors (Lipinski definition) is 2. The predicted octanol–water partition coefficient (Wildman–Crippen LogP) is 4.57. The molecule has 0 heterocycles. The van der Waals surface area contributed by atoms with Crippen molar-refractivity contribution in [3.63, 3.8) is 0 Å². The molecule has 0 saturated carbocycles. The third-order valence-electron chi connectivity index (χ3n) is 2.69. The van der Waals surface area contributed by atoms with Gasteiger partial charge in [0, 0.05) is 22.5 Å². The number of carbonyl (C=O) groups excluding carboxylic acids is 1. The van der Waals surface area contributed by atoms with Gasteiger partial charge in [-0.25, -0.2) is 13.6 Å². The lowest BCUT2D eigenvalue weighted by Crippen LogP contribution is -2.20. The molecule has 2 aromatic carbocycles. The minimum Gasteiger partial charge on any atom is -0.308 e. The van der Waals surface area contributed by atoms with Crippen LogP contribution < -0.4 is 10.6 Å². The highest BCUT2D eigenvalue weighted by atomic mass is 35.5. The molecule has 6 heteroatoms. The monoisotopic (exact) mass is 296 g/mol. The van der Waals surface area contributed by atoms with Gasteiger partial charge >= 0.3 is 6.03 Å². The van der Waals surface area contributed by atoms with Crippen LogP contribution in [-0.4, -0.2) is 6.03 Å². The summed E-state index contributed by atoms with van der Waals surface area (Å²) in [6.07, 6.45) is 0. The number of benzene rings is 2. The van der Waals surface area contributed by atoms with Gasteiger partial charge in [-0.15, -0.1) is 0 Å². The highest BCUT2D eigenvalue weighted by molar-refractivity contribution is 6.31. The molecule has 0 aliphatic carbocycles. The first kappa shape index (κ1) is 14.3. The molecule has 104 valence electrons. The van der Waals surface area contributed by atoms with E-state index >= 15 is 0 Å². The van der Waals surface area contributed by atoms with Crippen LogP contribution >= 0.6 is 11.6 Å². The first-order valence-corrected chi connectivity index (χ1v) is 6.13. The SMILES string of the molecule is Cc1c(Cl)cccc1NC(=O)Nc1ccc(F)c(F)c1. The number of carbonyl (C=O) groups is 1. The summed E-state index contributed by atoms with van der Waals surface area (Å²) < 4.78 is 25.8. The smallest absolute Gasteiger partial charge is 0.308 e. The summed E-state index contributed by atoms with van der Waals surface area (Å²) in [6.45, 7) is 1.76. The van der Waals surface area contributed by atoms with E-state index in [1.165, 1.54) is 6.07 Å². The van der Waals surface area contributed by atoms with Crippen molar-refractivity contribution in [3.05, 3.63) is 58.6 Å². The van der Waals surface area contributed by atoms with E-state index < -0.39 is 17.7 Å². The largest absolute Gasteiger partial charge is 0.323 e. The van der Waals surface area contributed by atoms with Crippen LogP contribution in [0.5, 0.6) is 0 Å². The number of urea groups is 1. The van der Waals surface area contributed by atoms with Crippen LogP contribution in [0.3, 0.4) is 0 Å². The molecule has 0 aromatic heterocycles. The molecular formula is C14H11ClF2N2O. The maximum Gasteiger partial charge on any atom is 0.323 e. The normalized spacial score (nSPS) is 10.2. The molecule has 2 rings (SSSR count). The van der Waals surface area contributed by atoms with Crippen molar-refractivity contribution in [2.45, 2.75) is 6.92 Å². The summed E-state index contributed by atoms with van der Waals surface area (Å²) in [7, 11) is 0. The standard InChI is InChI=1S/C14H11ClF2N2O/c1-8-10(15)3-2-4-13(8)19-14(20)18-9-5-6-11(16)12(17)7-9/h2-7H,1H3,(H2,18,19,20). The summed E-state index contributed by atoms with van der Waals surface area (Å²) in [6, 6.07) is 7.63. The minimum absolute atomic E-state index is 0.154. The molecular weight excluding hydrogens is 286 g/mol. The van der Waals surface area contributed by atoms with E-state index in [-0.39, 0.29) is 5.69 Å². The van der Waals surface area contributed by atoms with Crippen molar-refractivity contribution >= 4 is 29.0 Å². The Morgan fingerprint density at radius 2 is 1.85 bits per heavy atom. The van der Waals surface area contributed by atoms with Crippen LogP contribution in [-0.2, 0) is 0 Å². The minimum atomic E-state index is -1.03. The lowest BCUT2D eigenvalue weighted by molar-refractivity contribution is 0.262. The lowest BCUT2D eigenvalue weighted by atomic mass is 10.2. The van der Waals surface area contributed by atoms with Crippen molar-refractivity contribution < 1.29 is 13.6 Å². The van der Waals surface area contributed by atoms with E-state index in [0.29, 0.717) is 10.7 Å². The number of anilines is 2. The van der Waals surface area contributed by atoms with Gasteiger partial charge in [-0.05, 0) is 36.8 Å². The van der Waals surface area contributed by atoms with Crippen LogP contribution in [0, 0.1) is 18.6 Å². The van der Waals surface area contributed by atoms with Crippen molar-refractivity contribution in [1.29, 1.82) is 0 Å². The van der Waals surface area contributed by atoms with Crippen LogP contribution in [0.1, 0.15) is 5.56 Å². The van der Waals surface area contributed by atoms with E-state index in [1.54, 1.807) is 25.1 Å². The van der Waals surface area contributed by atoms with Gasteiger partial charge < -0.3 is 10.6 Å². The highest BCUT2D eigenvalue weighted by Crippen LogP contribution is 2.23. The van der Waals surface area contributed by atoms with Crippen LogP contribution in [0.2, 0.25) is 5.02 Å². The Morgan fingerprint density at radius 3 is 2.55 bits per heavy atom. The lowest BCUT2D eigenvalue weighted by Gasteiger charge is -2.10. The maximum absolute atomic E-state index is 13.0. The number of amides is 2. The Balaban J connectivity index is 2.09. The van der Waals surface area contributed by atoms with Gasteiger partial charge in [-0.2, -0.15) is 0 Å². The summed E-state index contributed by atoms with van der Waals surface area (Å²) in [4.78, 5) is 11.8. The van der Waals surface area contributed by atoms with Gasteiger partial charge in [-0.1, -0.05) is 17.7 Å². The molecule has 3 nitrogen and oxygen atoms in total. The van der Waals surface area contributed by atoms with Crippen molar-refractivity contribution in [2.75, 3.05) is 10.6 Å². The first-order chi connectivity index (χ1) is 9.47. The molecule has 0 aliphatic heterocycles. The zero-order valence-corrected chi connectivity index (χ0v) is 11.3. The second-order valence-corrected chi connectivity index (χ2v) is 4.53. The van der Waals surface area contributed by atoms with Crippen molar-refractivity contribution in [2.24, 2.45) is 0 Å². The molecule has 0 radical (unpaired) electrons. The zero-order valence-electron chi connectivity index (χ0n) is 10.5. The predicted molar refractivity (Wildman–Crippen MR) is 75.2 cm³/mol. The van der Waals surface area contributed by atoms with E-state index in [0.717, 1.165) is 17.7 Å². The van der Waals surface area contributed by atoms with E-state index in [2.05, 4.69) is 10.6 Å². The molecule has 0 saturated heterocycles.